The minimum Gasteiger partial charge on any atom is -0.497 e. The molecule has 1 aromatic rings. The van der Waals surface area contributed by atoms with Gasteiger partial charge in [-0.1, -0.05) is 60.1 Å². The van der Waals surface area contributed by atoms with Crippen LogP contribution in [0.1, 0.15) is 107 Å². The van der Waals surface area contributed by atoms with Crippen LogP contribution in [0.4, 0.5) is 4.79 Å². The van der Waals surface area contributed by atoms with Crippen molar-refractivity contribution in [1.29, 1.82) is 0 Å². The largest absolute Gasteiger partial charge is 0.497 e. The zero-order valence-electron chi connectivity index (χ0n) is 38.5. The Morgan fingerprint density at radius 3 is 2.00 bits per heavy atom. The smallest absolute Gasteiger partial charge is 0.408 e. The molecule has 0 aliphatic carbocycles. The summed E-state index contributed by atoms with van der Waals surface area (Å²) >= 11 is 0. The Balaban J connectivity index is 2.27. The third-order valence-corrected chi connectivity index (χ3v) is 10.7. The number of esters is 1. The van der Waals surface area contributed by atoms with Gasteiger partial charge < -0.3 is 55.9 Å². The van der Waals surface area contributed by atoms with Crippen LogP contribution in [-0.2, 0) is 44.7 Å². The number of nitrogens with zero attached hydrogens (tertiary/aromatic N) is 1. The van der Waals surface area contributed by atoms with Gasteiger partial charge in [0.1, 0.15) is 47.7 Å². The summed E-state index contributed by atoms with van der Waals surface area (Å²) in [5, 5.41) is 34.8. The third-order valence-electron chi connectivity index (χ3n) is 10.7. The number of amides is 5. The number of carbonyl (C=O) groups excluding carboxylic acids is 6. The summed E-state index contributed by atoms with van der Waals surface area (Å²) < 4.78 is 16.4. The van der Waals surface area contributed by atoms with E-state index in [1.165, 1.54) is 11.8 Å². The zero-order chi connectivity index (χ0) is 47.1. The van der Waals surface area contributed by atoms with Crippen molar-refractivity contribution in [3.8, 4) is 5.75 Å². The monoisotopic (exact) mass is 877 g/mol. The molecule has 1 saturated heterocycles. The molecule has 0 bridgehead atoms. The maximum Gasteiger partial charge on any atom is 0.408 e. The molecule has 5 amide bonds. The molecule has 1 aromatic carbocycles. The third kappa shape index (κ3) is 16.7. The Morgan fingerprint density at radius 1 is 0.871 bits per heavy atom. The van der Waals surface area contributed by atoms with Gasteiger partial charge in [-0.2, -0.15) is 0 Å². The molecule has 1 fully saturated rings. The molecule has 7 N–H and O–H groups in total. The SMILES string of the molecule is CC[C@H](C)[C@@H](NC(=O)[C@@H](NC(=O)OC(C)(C)C)[C@@H](C)OC(=O)[C@H](Cc1ccc(OC)cc1)NC)[C@@H](O)CC(=O)N[C@H](C(=O)N[C@@H](CC(C)C)C(=O)N1CCC[C@H]1C(=O)O)C(C)C. The Kier molecular flexibility index (Phi) is 21.1. The number of hydrogen-bond donors (Lipinski definition) is 7. The number of aliphatic hydroxyl groups excluding tert-OH is 1. The summed E-state index contributed by atoms with van der Waals surface area (Å²) in [6.07, 6.45) is -2.46. The van der Waals surface area contributed by atoms with Crippen molar-refractivity contribution in [2.24, 2.45) is 17.8 Å². The normalized spacial score (nSPS) is 18.0. The quantitative estimate of drug-likeness (QED) is 0.0783. The Hall–Kier alpha value is -4.97. The number of methoxy groups -OCH3 is 1. The predicted molar refractivity (Wildman–Crippen MR) is 231 cm³/mol. The molecule has 1 aliphatic rings. The maximum absolute atomic E-state index is 14.1. The number of alkyl carbamates (subject to hydrolysis) is 1. The number of hydrogen-bond acceptors (Lipinski definition) is 12. The first-order valence-corrected chi connectivity index (χ1v) is 21.5. The van der Waals surface area contributed by atoms with Crippen molar-refractivity contribution in [2.75, 3.05) is 20.7 Å². The molecule has 350 valence electrons. The minimum absolute atomic E-state index is 0.0330. The lowest BCUT2D eigenvalue weighted by Gasteiger charge is -2.33. The average molecular weight is 877 g/mol. The maximum atomic E-state index is 14.1. The first kappa shape index (κ1) is 53.2. The van der Waals surface area contributed by atoms with Gasteiger partial charge in [-0.05, 0) is 95.9 Å². The van der Waals surface area contributed by atoms with E-state index in [9.17, 15) is 43.8 Å². The van der Waals surface area contributed by atoms with Crippen LogP contribution in [0.5, 0.6) is 5.75 Å². The van der Waals surface area contributed by atoms with E-state index in [0.717, 1.165) is 5.56 Å². The van der Waals surface area contributed by atoms with E-state index < -0.39 is 114 Å². The number of carboxylic acid groups (broad SMARTS) is 1. The predicted octanol–water partition coefficient (Wildman–Crippen LogP) is 2.68. The van der Waals surface area contributed by atoms with Gasteiger partial charge in [-0.15, -0.1) is 0 Å². The van der Waals surface area contributed by atoms with Crippen LogP contribution >= 0.6 is 0 Å². The lowest BCUT2D eigenvalue weighted by molar-refractivity contribution is -0.153. The van der Waals surface area contributed by atoms with Crippen LogP contribution in [0, 0.1) is 17.8 Å². The minimum atomic E-state index is -1.50. The second kappa shape index (κ2) is 24.6. The van der Waals surface area contributed by atoms with Crippen molar-refractivity contribution in [2.45, 2.75) is 162 Å². The van der Waals surface area contributed by atoms with E-state index >= 15 is 0 Å². The van der Waals surface area contributed by atoms with Gasteiger partial charge in [0.25, 0.3) is 0 Å². The van der Waals surface area contributed by atoms with E-state index in [-0.39, 0.29) is 25.3 Å². The average Bonchev–Trinajstić information content (AvgIpc) is 3.69. The number of carbonyl (C=O) groups is 7. The van der Waals surface area contributed by atoms with E-state index in [4.69, 9.17) is 14.2 Å². The van der Waals surface area contributed by atoms with E-state index in [0.29, 0.717) is 25.0 Å². The highest BCUT2D eigenvalue weighted by molar-refractivity contribution is 5.94. The molecule has 18 nitrogen and oxygen atoms in total. The van der Waals surface area contributed by atoms with Crippen LogP contribution in [-0.4, -0.2) is 132 Å². The summed E-state index contributed by atoms with van der Waals surface area (Å²) in [6.45, 7) is 17.3. The standard InChI is InChI=1S/C44H72N6O12/c1-13-26(6)36(33(51)23-34(52)47-35(25(4)5)38(53)46-30(21-24(2)3)40(55)50-20-14-15-32(50)41(56)57)48-39(54)37(49-43(59)62-44(8,9)10)27(7)61-42(58)31(45-11)22-28-16-18-29(60-12)19-17-28/h16-19,24-27,30-33,35-37,45,51H,13-15,20-23H2,1-12H3,(H,46,53)(H,47,52)(H,48,54)(H,49,59)(H,56,57)/t26-,27+,30-,31-,32-,33-,35-,36+,37-/m0/s1. The topological polar surface area (TPSA) is 251 Å². The van der Waals surface area contributed by atoms with Crippen molar-refractivity contribution < 1.29 is 58.0 Å². The van der Waals surface area contributed by atoms with Crippen LogP contribution in [0.15, 0.2) is 24.3 Å². The molecule has 0 radical (unpaired) electrons. The summed E-state index contributed by atoms with van der Waals surface area (Å²) in [5.41, 5.74) is -0.125. The molecule has 1 aliphatic heterocycles. The number of ether oxygens (including phenoxy) is 3. The van der Waals surface area contributed by atoms with Gasteiger partial charge in [0.05, 0.1) is 25.7 Å². The fourth-order valence-electron chi connectivity index (χ4n) is 7.12. The van der Waals surface area contributed by atoms with Crippen LogP contribution in [0.25, 0.3) is 0 Å². The summed E-state index contributed by atoms with van der Waals surface area (Å²) in [7, 11) is 3.13. The van der Waals surface area contributed by atoms with E-state index in [2.05, 4.69) is 26.6 Å². The molecule has 9 atom stereocenters. The number of carboxylic acids is 1. The highest BCUT2D eigenvalue weighted by Gasteiger charge is 2.40. The number of likely N-dealkylation sites (N-methyl/N-ethyl adjacent to an activating group) is 1. The van der Waals surface area contributed by atoms with Gasteiger partial charge >= 0.3 is 18.0 Å². The molecule has 0 aromatic heterocycles. The molecule has 0 unspecified atom stereocenters. The molecule has 0 saturated carbocycles. The molecule has 2 rings (SSSR count). The number of benzene rings is 1. The van der Waals surface area contributed by atoms with Gasteiger partial charge in [0.2, 0.25) is 23.6 Å². The van der Waals surface area contributed by atoms with Crippen molar-refractivity contribution >= 4 is 41.7 Å². The van der Waals surface area contributed by atoms with Crippen LogP contribution < -0.4 is 31.3 Å². The Morgan fingerprint density at radius 2 is 1.48 bits per heavy atom. The number of likely N-dealkylation sites (tertiary alicyclic amines) is 1. The molecule has 0 spiro atoms. The second-order valence-corrected chi connectivity index (χ2v) is 17.9. The summed E-state index contributed by atoms with van der Waals surface area (Å²) in [4.78, 5) is 94.5. The lowest BCUT2D eigenvalue weighted by Crippen LogP contribution is -2.60. The molecular formula is C44H72N6O12. The highest BCUT2D eigenvalue weighted by atomic mass is 16.6. The number of aliphatic carboxylic acids is 1. The van der Waals surface area contributed by atoms with Crippen molar-refractivity contribution in [1.82, 2.24) is 31.5 Å². The summed E-state index contributed by atoms with van der Waals surface area (Å²) in [6, 6.07) is 0.610. The van der Waals surface area contributed by atoms with E-state index in [1.54, 1.807) is 80.0 Å². The first-order valence-electron chi connectivity index (χ1n) is 21.5. The second-order valence-electron chi connectivity index (χ2n) is 17.9. The fraction of sp³-hybridized carbons (Fsp3) is 0.705. The van der Waals surface area contributed by atoms with Crippen LogP contribution in [0.2, 0.25) is 0 Å². The number of rotatable bonds is 23. The highest BCUT2D eigenvalue weighted by Crippen LogP contribution is 2.22. The van der Waals surface area contributed by atoms with Crippen molar-refractivity contribution in [3.63, 3.8) is 0 Å². The lowest BCUT2D eigenvalue weighted by atomic mass is 9.91. The molecule has 62 heavy (non-hydrogen) atoms. The number of aliphatic hydroxyl groups is 1. The van der Waals surface area contributed by atoms with Gasteiger partial charge in [0.15, 0.2) is 0 Å². The van der Waals surface area contributed by atoms with E-state index in [1.807, 2.05) is 20.8 Å². The van der Waals surface area contributed by atoms with Gasteiger partial charge in [-0.3, -0.25) is 24.0 Å². The molecule has 1 heterocycles. The zero-order valence-corrected chi connectivity index (χ0v) is 38.5. The number of nitrogens with one attached hydrogen (secondary N) is 5. The Bertz CT molecular complexity index is 1670. The van der Waals surface area contributed by atoms with Gasteiger partial charge in [-0.25, -0.2) is 9.59 Å². The van der Waals surface area contributed by atoms with Crippen molar-refractivity contribution in [3.05, 3.63) is 29.8 Å². The Labute approximate surface area is 366 Å². The van der Waals surface area contributed by atoms with Gasteiger partial charge in [0, 0.05) is 6.54 Å². The molecule has 18 heteroatoms. The summed E-state index contributed by atoms with van der Waals surface area (Å²) in [5.74, 6) is -4.76. The fourth-order valence-corrected chi connectivity index (χ4v) is 7.12. The first-order chi connectivity index (χ1) is 28.9. The van der Waals surface area contributed by atoms with Crippen LogP contribution in [0.3, 0.4) is 0 Å². The molecular weight excluding hydrogens is 805 g/mol.